The average Bonchev–Trinajstić information content (AvgIpc) is 3.31. The van der Waals surface area contributed by atoms with Crippen LogP contribution in [-0.4, -0.2) is 67.3 Å². The second-order valence-electron chi connectivity index (χ2n) is 9.49. The number of ether oxygens (including phenoxy) is 1. The molecule has 2 unspecified atom stereocenters. The number of piperidine rings is 1. The molecule has 2 atom stereocenters. The number of aromatic nitrogens is 6. The number of hydrogen-bond acceptors (Lipinski definition) is 9. The SMILES string of the molecule is COc1ccc(CN2C3CC2CN(c2ccc(-c4nc(C)cc(Nc5cc(C)[nH]n5)n4)cn2)C3)nc1. The molecule has 3 aliphatic heterocycles. The van der Waals surface area contributed by atoms with Crippen LogP contribution in [-0.2, 0) is 6.54 Å². The topological polar surface area (TPSA) is 108 Å². The Labute approximate surface area is 209 Å². The highest BCUT2D eigenvalue weighted by Crippen LogP contribution is 2.35. The maximum Gasteiger partial charge on any atom is 0.163 e. The number of rotatable bonds is 7. The summed E-state index contributed by atoms with van der Waals surface area (Å²) in [6.07, 6.45) is 4.89. The fourth-order valence-electron chi connectivity index (χ4n) is 5.03. The zero-order chi connectivity index (χ0) is 24.6. The van der Waals surface area contributed by atoms with E-state index < -0.39 is 0 Å². The Morgan fingerprint density at radius 1 is 1.00 bits per heavy atom. The van der Waals surface area contributed by atoms with Gasteiger partial charge in [-0.1, -0.05) is 0 Å². The second-order valence-corrected chi connectivity index (χ2v) is 9.49. The Balaban J connectivity index is 1.11. The van der Waals surface area contributed by atoms with Crippen LogP contribution in [0.25, 0.3) is 11.4 Å². The number of methoxy groups -OCH3 is 1. The molecule has 4 aromatic rings. The number of H-pyrrole nitrogens is 1. The molecule has 10 nitrogen and oxygen atoms in total. The monoisotopic (exact) mass is 483 g/mol. The van der Waals surface area contributed by atoms with E-state index in [9.17, 15) is 0 Å². The van der Waals surface area contributed by atoms with Crippen molar-refractivity contribution in [1.29, 1.82) is 0 Å². The van der Waals surface area contributed by atoms with Gasteiger partial charge in [0.15, 0.2) is 11.6 Å². The summed E-state index contributed by atoms with van der Waals surface area (Å²) in [5, 5.41) is 10.4. The largest absolute Gasteiger partial charge is 0.495 e. The summed E-state index contributed by atoms with van der Waals surface area (Å²) in [6.45, 7) is 6.73. The first kappa shape index (κ1) is 22.4. The van der Waals surface area contributed by atoms with Gasteiger partial charge in [-0.2, -0.15) is 5.10 Å². The van der Waals surface area contributed by atoms with Crippen molar-refractivity contribution in [3.63, 3.8) is 0 Å². The summed E-state index contributed by atoms with van der Waals surface area (Å²) < 4.78 is 5.22. The van der Waals surface area contributed by atoms with Crippen molar-refractivity contribution >= 4 is 17.5 Å². The third kappa shape index (κ3) is 4.47. The lowest BCUT2D eigenvalue weighted by molar-refractivity contribution is -0.00969. The maximum atomic E-state index is 5.22. The van der Waals surface area contributed by atoms with Gasteiger partial charge in [-0.3, -0.25) is 15.0 Å². The third-order valence-electron chi connectivity index (χ3n) is 6.87. The van der Waals surface area contributed by atoms with Crippen molar-refractivity contribution in [2.75, 3.05) is 30.4 Å². The summed E-state index contributed by atoms with van der Waals surface area (Å²) >= 11 is 0. The number of aromatic amines is 1. The lowest BCUT2D eigenvalue weighted by atomic mass is 9.87. The van der Waals surface area contributed by atoms with Crippen LogP contribution in [0.2, 0.25) is 0 Å². The average molecular weight is 484 g/mol. The van der Waals surface area contributed by atoms with E-state index in [2.05, 4.69) is 58.5 Å². The van der Waals surface area contributed by atoms with Gasteiger partial charge in [-0.05, 0) is 44.5 Å². The molecule has 0 amide bonds. The van der Waals surface area contributed by atoms with E-state index in [1.165, 1.54) is 6.42 Å². The fraction of sp³-hybridized carbons (Fsp3) is 0.346. The van der Waals surface area contributed by atoms with E-state index in [0.717, 1.165) is 59.7 Å². The minimum Gasteiger partial charge on any atom is -0.495 e. The molecular weight excluding hydrogens is 454 g/mol. The van der Waals surface area contributed by atoms with Crippen molar-refractivity contribution in [1.82, 2.24) is 35.0 Å². The van der Waals surface area contributed by atoms with Gasteiger partial charge >= 0.3 is 0 Å². The zero-order valence-electron chi connectivity index (χ0n) is 20.6. The van der Waals surface area contributed by atoms with Crippen LogP contribution in [0.15, 0.2) is 48.8 Å². The van der Waals surface area contributed by atoms with E-state index in [1.807, 2.05) is 38.2 Å². The van der Waals surface area contributed by atoms with E-state index in [-0.39, 0.29) is 0 Å². The maximum absolute atomic E-state index is 5.22. The van der Waals surface area contributed by atoms with Crippen LogP contribution in [0.5, 0.6) is 5.75 Å². The van der Waals surface area contributed by atoms with Crippen LogP contribution in [0.3, 0.4) is 0 Å². The molecule has 7 heterocycles. The number of aryl methyl sites for hydroxylation is 2. The normalized spacial score (nSPS) is 19.1. The Morgan fingerprint density at radius 2 is 1.86 bits per heavy atom. The molecule has 2 N–H and O–H groups in total. The van der Waals surface area contributed by atoms with Gasteiger partial charge in [0.25, 0.3) is 0 Å². The van der Waals surface area contributed by atoms with E-state index in [1.54, 1.807) is 13.3 Å². The number of hydrogen-bond donors (Lipinski definition) is 2. The summed E-state index contributed by atoms with van der Waals surface area (Å²) in [6, 6.07) is 13.0. The van der Waals surface area contributed by atoms with Crippen LogP contribution in [0.1, 0.15) is 23.5 Å². The van der Waals surface area contributed by atoms with Gasteiger partial charge in [0, 0.05) is 67.0 Å². The number of pyridine rings is 2. The van der Waals surface area contributed by atoms with Crippen LogP contribution >= 0.6 is 0 Å². The molecule has 0 radical (unpaired) electrons. The minimum atomic E-state index is 0.522. The predicted molar refractivity (Wildman–Crippen MR) is 137 cm³/mol. The van der Waals surface area contributed by atoms with Gasteiger partial charge in [-0.25, -0.2) is 15.0 Å². The molecule has 0 aromatic carbocycles. The second kappa shape index (κ2) is 9.19. The van der Waals surface area contributed by atoms with Crippen molar-refractivity contribution in [2.45, 2.75) is 38.9 Å². The van der Waals surface area contributed by atoms with E-state index >= 15 is 0 Å². The highest BCUT2D eigenvalue weighted by molar-refractivity contribution is 5.61. The fourth-order valence-corrected chi connectivity index (χ4v) is 5.03. The number of nitrogens with one attached hydrogen (secondary N) is 2. The summed E-state index contributed by atoms with van der Waals surface area (Å²) in [5.41, 5.74) is 3.83. The van der Waals surface area contributed by atoms with Gasteiger partial charge in [-0.15, -0.1) is 0 Å². The first-order valence-electron chi connectivity index (χ1n) is 12.1. The Bertz CT molecular complexity index is 1340. The summed E-state index contributed by atoms with van der Waals surface area (Å²) in [7, 11) is 1.66. The first-order chi connectivity index (χ1) is 17.5. The molecule has 3 fully saturated rings. The van der Waals surface area contributed by atoms with E-state index in [0.29, 0.717) is 23.7 Å². The third-order valence-corrected chi connectivity index (χ3v) is 6.87. The van der Waals surface area contributed by atoms with Gasteiger partial charge in [0.1, 0.15) is 17.4 Å². The molecule has 3 saturated heterocycles. The lowest BCUT2D eigenvalue weighted by Gasteiger charge is -2.56. The van der Waals surface area contributed by atoms with Crippen molar-refractivity contribution in [3.8, 4) is 17.1 Å². The molecular formula is C26H29N9O. The number of anilines is 3. The summed E-state index contributed by atoms with van der Waals surface area (Å²) in [5.74, 6) is 3.86. The van der Waals surface area contributed by atoms with Gasteiger partial charge in [0.2, 0.25) is 0 Å². The quantitative estimate of drug-likeness (QED) is 0.408. The molecule has 0 aliphatic carbocycles. The molecule has 0 saturated carbocycles. The summed E-state index contributed by atoms with van der Waals surface area (Å²) in [4.78, 5) is 23.5. The molecule has 36 heavy (non-hydrogen) atoms. The number of nitrogens with zero attached hydrogens (tertiary/aromatic N) is 7. The standard InChI is InChI=1S/C26H29N9O/c1-16-8-23(30-24-9-17(2)32-33-24)31-26(29-16)18-4-7-25(28-11-18)34-14-20-10-21(15-34)35(20)13-19-5-6-22(36-3)12-27-19/h4-9,11-12,20-21H,10,13-15H2,1-3H3,(H2,29,30,31,32,33). The smallest absolute Gasteiger partial charge is 0.163 e. The first-order valence-corrected chi connectivity index (χ1v) is 12.1. The van der Waals surface area contributed by atoms with Crippen LogP contribution < -0.4 is 15.0 Å². The molecule has 184 valence electrons. The van der Waals surface area contributed by atoms with Crippen molar-refractivity contribution in [3.05, 3.63) is 65.9 Å². The number of piperazine rings is 1. The lowest BCUT2D eigenvalue weighted by Crippen LogP contribution is -2.68. The zero-order valence-corrected chi connectivity index (χ0v) is 20.6. The Hall–Kier alpha value is -4.05. The molecule has 7 rings (SSSR count). The van der Waals surface area contributed by atoms with Crippen LogP contribution in [0.4, 0.5) is 17.5 Å². The minimum absolute atomic E-state index is 0.522. The van der Waals surface area contributed by atoms with E-state index in [4.69, 9.17) is 9.72 Å². The molecule has 0 spiro atoms. The molecule has 10 heteroatoms. The van der Waals surface area contributed by atoms with Crippen molar-refractivity contribution in [2.24, 2.45) is 0 Å². The molecule has 4 aromatic heterocycles. The highest BCUT2D eigenvalue weighted by atomic mass is 16.5. The molecule has 3 aliphatic rings. The predicted octanol–water partition coefficient (Wildman–Crippen LogP) is 3.49. The van der Waals surface area contributed by atoms with Crippen LogP contribution in [0, 0.1) is 13.8 Å². The Morgan fingerprint density at radius 3 is 2.53 bits per heavy atom. The number of fused-ring (bicyclic) bond motifs is 2. The molecule has 2 bridgehead atoms. The van der Waals surface area contributed by atoms with Gasteiger partial charge in [0.05, 0.1) is 19.0 Å². The van der Waals surface area contributed by atoms with Gasteiger partial charge < -0.3 is 15.0 Å². The van der Waals surface area contributed by atoms with Crippen molar-refractivity contribution < 1.29 is 4.74 Å². The Kier molecular flexibility index (Phi) is 5.73. The highest BCUT2D eigenvalue weighted by Gasteiger charge is 2.44.